The van der Waals surface area contributed by atoms with Gasteiger partial charge in [0.1, 0.15) is 36.0 Å². The van der Waals surface area contributed by atoms with Crippen LogP contribution in [0.15, 0.2) is 36.4 Å². The molecule has 59 heavy (non-hydrogen) atoms. The van der Waals surface area contributed by atoms with Gasteiger partial charge in [-0.3, -0.25) is 9.59 Å². The van der Waals surface area contributed by atoms with Crippen LogP contribution < -0.4 is 0 Å². The Morgan fingerprint density at radius 3 is 2.27 bits per heavy atom. The monoisotopic (exact) mass is 827 g/mol. The molecule has 19 atom stereocenters. The molecule has 1 aromatic carbocycles. The Kier molecular flexibility index (Phi) is 14.7. The van der Waals surface area contributed by atoms with Gasteiger partial charge in [-0.25, -0.2) is 4.39 Å². The highest BCUT2D eigenvalue weighted by Crippen LogP contribution is 2.62. The molecule has 0 aromatic heterocycles. The summed E-state index contributed by atoms with van der Waals surface area (Å²) in [5.41, 5.74) is 0.799. The van der Waals surface area contributed by atoms with Crippen molar-refractivity contribution >= 4 is 11.8 Å². The van der Waals surface area contributed by atoms with Crippen molar-refractivity contribution in [1.29, 1.82) is 0 Å². The molecule has 2 saturated carbocycles. The van der Waals surface area contributed by atoms with E-state index in [1.165, 1.54) is 6.07 Å². The third kappa shape index (κ3) is 9.26. The molecule has 7 rings (SSSR count). The number of hydrogen-bond donors (Lipinski definition) is 0. The smallest absolute Gasteiger partial charge is 0.306 e. The summed E-state index contributed by atoms with van der Waals surface area (Å²) in [5.74, 6) is -2.05. The molecule has 3 aliphatic carbocycles. The standard InChI is InChI=1S/C47H70FNO10/c1-10-31-15-12-16-37(59-39-20-19-36(49(5)6)26(3)55-39)25(2)43(51)42-35(24-38(50)57-31)33-18-17-28-22-32(23-34(28)41(33)40(42)29-13-11-14-30(48)21-29)58-47-46(54-9)45(53-8)44(52-7)27(4)56-47/h11,13-14,17-18,21,25-28,31-37,39-42,44-47H,10,12,15-16,19-20,22-24H2,1-9H3/t25-,26?,27?,28-,31+,32-,33+,34-,35+,36+,37+,39+,40?,41-,42?,44+,45?,46?,47+/m1/s1. The summed E-state index contributed by atoms with van der Waals surface area (Å²) >= 11 is 0. The zero-order valence-electron chi connectivity index (χ0n) is 36.7. The number of hydrogen-bond acceptors (Lipinski definition) is 11. The molecule has 3 saturated heterocycles. The lowest BCUT2D eigenvalue weighted by atomic mass is 9.67. The van der Waals surface area contributed by atoms with Crippen molar-refractivity contribution in [3.63, 3.8) is 0 Å². The normalized spacial score (nSPS) is 44.3. The van der Waals surface area contributed by atoms with E-state index in [0.29, 0.717) is 25.3 Å². The van der Waals surface area contributed by atoms with Gasteiger partial charge in [0.25, 0.3) is 0 Å². The zero-order chi connectivity index (χ0) is 42.1. The Morgan fingerprint density at radius 2 is 1.59 bits per heavy atom. The van der Waals surface area contributed by atoms with E-state index in [1.807, 2.05) is 19.9 Å². The second-order valence-corrected chi connectivity index (χ2v) is 18.6. The average Bonchev–Trinajstić information content (AvgIpc) is 3.77. The predicted octanol–water partition coefficient (Wildman–Crippen LogP) is 7.10. The fourth-order valence-electron chi connectivity index (χ4n) is 12.3. The number of nitrogens with zero attached hydrogens (tertiary/aromatic N) is 1. The second-order valence-electron chi connectivity index (χ2n) is 18.6. The third-order valence-electron chi connectivity index (χ3n) is 15.1. The van der Waals surface area contributed by atoms with Gasteiger partial charge >= 0.3 is 5.97 Å². The van der Waals surface area contributed by atoms with Crippen molar-refractivity contribution in [3.8, 4) is 0 Å². The van der Waals surface area contributed by atoms with E-state index in [9.17, 15) is 4.79 Å². The van der Waals surface area contributed by atoms with E-state index in [-0.39, 0.29) is 102 Å². The summed E-state index contributed by atoms with van der Waals surface area (Å²) in [5, 5.41) is 0. The first-order valence-corrected chi connectivity index (χ1v) is 22.4. The minimum atomic E-state index is -0.667. The number of benzene rings is 1. The van der Waals surface area contributed by atoms with Crippen molar-refractivity contribution in [2.75, 3.05) is 35.4 Å². The van der Waals surface area contributed by atoms with Crippen molar-refractivity contribution in [2.24, 2.45) is 41.4 Å². The summed E-state index contributed by atoms with van der Waals surface area (Å²) in [6.07, 6.45) is 7.31. The van der Waals surface area contributed by atoms with E-state index >= 15 is 9.18 Å². The SMILES string of the molecule is CC[C@H]1CCC[C@H](O[C@H]2CC[C@H](N(C)C)C(C)O2)[C@@H](C)C(=O)C2C(c3cccc(F)c3)[C@@H]3[C@@H](C=C[C@@H]4C[C@@H](O[C@@H]5OC(C)[C@H](OC)C(OC)C5OC)C[C@@H]34)[C@@H]2CC(=O)O1. The van der Waals surface area contributed by atoms with Gasteiger partial charge in [-0.15, -0.1) is 0 Å². The van der Waals surface area contributed by atoms with Crippen molar-refractivity contribution in [3.05, 3.63) is 47.8 Å². The summed E-state index contributed by atoms with van der Waals surface area (Å²) in [7, 11) is 9.08. The summed E-state index contributed by atoms with van der Waals surface area (Å²) < 4.78 is 65.5. The molecule has 6 unspecified atom stereocenters. The average molecular weight is 828 g/mol. The van der Waals surface area contributed by atoms with Crippen molar-refractivity contribution < 1.29 is 51.9 Å². The van der Waals surface area contributed by atoms with Crippen LogP contribution >= 0.6 is 0 Å². The predicted molar refractivity (Wildman–Crippen MR) is 219 cm³/mol. The Hall–Kier alpha value is -2.29. The van der Waals surface area contributed by atoms with Crippen LogP contribution in [-0.4, -0.2) is 120 Å². The lowest BCUT2D eigenvalue weighted by molar-refractivity contribution is -0.314. The number of ether oxygens (including phenoxy) is 8. The molecule has 0 radical (unpaired) electrons. The zero-order valence-corrected chi connectivity index (χ0v) is 36.7. The van der Waals surface area contributed by atoms with E-state index in [0.717, 1.165) is 37.7 Å². The van der Waals surface area contributed by atoms with Crippen LogP contribution in [0.3, 0.4) is 0 Å². The number of esters is 1. The second kappa shape index (κ2) is 19.4. The number of cyclic esters (lactones) is 1. The van der Waals surface area contributed by atoms with E-state index in [1.54, 1.807) is 33.5 Å². The number of rotatable bonds is 10. The van der Waals surface area contributed by atoms with E-state index in [2.05, 4.69) is 45.0 Å². The van der Waals surface area contributed by atoms with E-state index < -0.39 is 30.5 Å². The number of halogens is 1. The largest absolute Gasteiger partial charge is 0.462 e. The molecule has 11 nitrogen and oxygen atoms in total. The fourth-order valence-corrected chi connectivity index (χ4v) is 12.3. The topological polar surface area (TPSA) is 111 Å². The maximum absolute atomic E-state index is 15.5. The molecule has 330 valence electrons. The first-order valence-electron chi connectivity index (χ1n) is 22.4. The molecule has 0 amide bonds. The molecule has 6 aliphatic rings. The van der Waals surface area contributed by atoms with Gasteiger partial charge in [0.05, 0.1) is 24.4 Å². The number of methoxy groups -OCH3 is 3. The fraction of sp³-hybridized carbons (Fsp3) is 0.787. The summed E-state index contributed by atoms with van der Waals surface area (Å²) in [4.78, 5) is 31.7. The minimum Gasteiger partial charge on any atom is -0.462 e. The molecule has 5 fully saturated rings. The van der Waals surface area contributed by atoms with Crippen LogP contribution in [0.5, 0.6) is 0 Å². The first-order chi connectivity index (χ1) is 28.4. The Bertz CT molecular complexity index is 1610. The quantitative estimate of drug-likeness (QED) is 0.178. The Morgan fingerprint density at radius 1 is 0.831 bits per heavy atom. The molecule has 0 bridgehead atoms. The van der Waals surface area contributed by atoms with Gasteiger partial charge in [-0.1, -0.05) is 38.1 Å². The van der Waals surface area contributed by atoms with Crippen molar-refractivity contribution in [1.82, 2.24) is 4.90 Å². The number of carbonyl (C=O) groups excluding carboxylic acids is 2. The van der Waals surface area contributed by atoms with Gasteiger partial charge in [0, 0.05) is 45.6 Å². The molecule has 12 heteroatoms. The molecule has 3 heterocycles. The molecular formula is C47H70FNO10. The van der Waals surface area contributed by atoms with Crippen molar-refractivity contribution in [2.45, 2.75) is 159 Å². The minimum absolute atomic E-state index is 0.0133. The maximum Gasteiger partial charge on any atom is 0.306 e. The molecule has 0 spiro atoms. The number of fused-ring (bicyclic) bond motifs is 5. The van der Waals surface area contributed by atoms with Crippen LogP contribution in [0.2, 0.25) is 0 Å². The van der Waals surface area contributed by atoms with Crippen LogP contribution in [0.25, 0.3) is 0 Å². The van der Waals surface area contributed by atoms with Crippen LogP contribution in [0.1, 0.15) is 97.0 Å². The lowest BCUT2D eigenvalue weighted by Gasteiger charge is -2.44. The van der Waals surface area contributed by atoms with Gasteiger partial charge < -0.3 is 42.8 Å². The van der Waals surface area contributed by atoms with Crippen LogP contribution in [0.4, 0.5) is 4.39 Å². The summed E-state index contributed by atoms with van der Waals surface area (Å²) in [6, 6.07) is 7.06. The number of Topliss-reactive ketones (excluding diaryl/α,β-unsaturated/α-hetero) is 1. The van der Waals surface area contributed by atoms with Crippen LogP contribution in [-0.2, 0) is 47.5 Å². The molecular weight excluding hydrogens is 758 g/mol. The first kappa shape index (κ1) is 44.8. The number of likely N-dealkylation sites (N-methyl/N-ethyl adjacent to an activating group) is 1. The number of ketones is 1. The van der Waals surface area contributed by atoms with Gasteiger partial charge in [0.2, 0.25) is 0 Å². The highest BCUT2D eigenvalue weighted by Gasteiger charge is 2.60. The Labute approximate surface area is 351 Å². The van der Waals surface area contributed by atoms with Gasteiger partial charge in [-0.05, 0) is 133 Å². The highest BCUT2D eigenvalue weighted by atomic mass is 19.1. The van der Waals surface area contributed by atoms with Crippen LogP contribution in [0, 0.1) is 47.2 Å². The maximum atomic E-state index is 15.5. The molecule has 3 aliphatic heterocycles. The number of carbonyl (C=O) groups is 2. The van der Waals surface area contributed by atoms with Gasteiger partial charge in [-0.2, -0.15) is 0 Å². The Balaban J connectivity index is 1.21. The molecule has 1 aromatic rings. The lowest BCUT2D eigenvalue weighted by Crippen LogP contribution is -2.59. The third-order valence-corrected chi connectivity index (χ3v) is 15.1. The summed E-state index contributed by atoms with van der Waals surface area (Å²) in [6.45, 7) is 8.11. The van der Waals surface area contributed by atoms with Gasteiger partial charge in [0.15, 0.2) is 12.6 Å². The molecule has 0 N–H and O–H groups in total. The van der Waals surface area contributed by atoms with E-state index in [4.69, 9.17) is 37.9 Å². The highest BCUT2D eigenvalue weighted by molar-refractivity contribution is 5.86. The number of allylic oxidation sites excluding steroid dienone is 2.